The molecule has 0 spiro atoms. The molecule has 2 bridgehead atoms. The van der Waals surface area contributed by atoms with Crippen LogP contribution in [0.1, 0.15) is 32.6 Å². The standard InChI is InChI=1S/C19H21FN2O3/c1-11(19(23)24)22-13-3-4-14(22)10-15(9-13)25-18-6-7-21-17-5-2-12(20)8-16(17)18/h2,5-8,11,13-15H,3-4,9-10H2,1H3,(H,23,24). The van der Waals surface area contributed by atoms with E-state index >= 15 is 0 Å². The lowest BCUT2D eigenvalue weighted by atomic mass is 9.97. The number of aromatic nitrogens is 1. The van der Waals surface area contributed by atoms with Gasteiger partial charge in [-0.15, -0.1) is 0 Å². The zero-order chi connectivity index (χ0) is 17.6. The lowest BCUT2D eigenvalue weighted by Gasteiger charge is -2.40. The van der Waals surface area contributed by atoms with E-state index in [9.17, 15) is 14.3 Å². The fourth-order valence-corrected chi connectivity index (χ4v) is 4.40. The Hall–Kier alpha value is -2.21. The number of hydrogen-bond donors (Lipinski definition) is 1. The van der Waals surface area contributed by atoms with Gasteiger partial charge in [-0.3, -0.25) is 14.7 Å². The maximum absolute atomic E-state index is 13.6. The minimum absolute atomic E-state index is 0.0172. The van der Waals surface area contributed by atoms with E-state index in [1.807, 2.05) is 0 Å². The first-order valence-electron chi connectivity index (χ1n) is 8.74. The molecule has 25 heavy (non-hydrogen) atoms. The number of ether oxygens (including phenoxy) is 1. The molecule has 2 fully saturated rings. The molecule has 0 aliphatic carbocycles. The molecule has 2 saturated heterocycles. The Labute approximate surface area is 145 Å². The van der Waals surface area contributed by atoms with Gasteiger partial charge >= 0.3 is 5.97 Å². The summed E-state index contributed by atoms with van der Waals surface area (Å²) in [6.07, 6.45) is 5.30. The second kappa shape index (κ2) is 6.26. The molecule has 3 heterocycles. The van der Waals surface area contributed by atoms with Crippen LogP contribution in [-0.4, -0.2) is 45.2 Å². The van der Waals surface area contributed by atoms with Crippen molar-refractivity contribution < 1.29 is 19.0 Å². The van der Waals surface area contributed by atoms with E-state index in [1.54, 1.807) is 25.3 Å². The van der Waals surface area contributed by atoms with Gasteiger partial charge in [-0.1, -0.05) is 0 Å². The van der Waals surface area contributed by atoms with Crippen LogP contribution in [0, 0.1) is 5.82 Å². The second-order valence-electron chi connectivity index (χ2n) is 7.03. The number of piperidine rings is 1. The molecule has 132 valence electrons. The van der Waals surface area contributed by atoms with Gasteiger partial charge in [0.25, 0.3) is 0 Å². The maximum atomic E-state index is 13.6. The number of nitrogens with zero attached hydrogens (tertiary/aromatic N) is 2. The van der Waals surface area contributed by atoms with E-state index in [0.29, 0.717) is 16.7 Å². The number of carboxylic acids is 1. The van der Waals surface area contributed by atoms with Crippen LogP contribution in [-0.2, 0) is 4.79 Å². The summed E-state index contributed by atoms with van der Waals surface area (Å²) in [6.45, 7) is 1.76. The molecule has 2 aliphatic rings. The van der Waals surface area contributed by atoms with Crippen molar-refractivity contribution in [3.05, 3.63) is 36.3 Å². The van der Waals surface area contributed by atoms with Gasteiger partial charge in [0.1, 0.15) is 23.7 Å². The van der Waals surface area contributed by atoms with Crippen molar-refractivity contribution in [3.8, 4) is 5.75 Å². The van der Waals surface area contributed by atoms with Crippen molar-refractivity contribution in [2.75, 3.05) is 0 Å². The predicted octanol–water partition coefficient (Wildman–Crippen LogP) is 3.22. The average Bonchev–Trinajstić information content (AvgIpc) is 2.85. The number of pyridine rings is 1. The Morgan fingerprint density at radius 3 is 2.72 bits per heavy atom. The lowest BCUT2D eigenvalue weighted by molar-refractivity contribution is -0.145. The summed E-state index contributed by atoms with van der Waals surface area (Å²) in [5, 5.41) is 10.0. The van der Waals surface area contributed by atoms with Gasteiger partial charge in [-0.25, -0.2) is 4.39 Å². The van der Waals surface area contributed by atoms with E-state index < -0.39 is 12.0 Å². The van der Waals surface area contributed by atoms with E-state index in [1.165, 1.54) is 12.1 Å². The minimum atomic E-state index is -0.771. The third-order valence-electron chi connectivity index (χ3n) is 5.51. The molecule has 2 aliphatic heterocycles. The van der Waals surface area contributed by atoms with E-state index in [4.69, 9.17) is 4.74 Å². The minimum Gasteiger partial charge on any atom is -0.490 e. The largest absolute Gasteiger partial charge is 0.490 e. The van der Waals surface area contributed by atoms with Gasteiger partial charge < -0.3 is 9.84 Å². The molecule has 0 saturated carbocycles. The van der Waals surface area contributed by atoms with Crippen LogP contribution in [0.2, 0.25) is 0 Å². The molecule has 2 aromatic rings. The molecule has 6 heteroatoms. The Morgan fingerprint density at radius 1 is 1.32 bits per heavy atom. The first-order chi connectivity index (χ1) is 12.0. The van der Waals surface area contributed by atoms with Crippen LogP contribution in [0.25, 0.3) is 10.9 Å². The van der Waals surface area contributed by atoms with Gasteiger partial charge in [-0.2, -0.15) is 0 Å². The third kappa shape index (κ3) is 2.95. The van der Waals surface area contributed by atoms with Gasteiger partial charge in [-0.05, 0) is 56.9 Å². The highest BCUT2D eigenvalue weighted by Gasteiger charge is 2.45. The average molecular weight is 344 g/mol. The summed E-state index contributed by atoms with van der Waals surface area (Å²) in [6, 6.07) is 6.28. The highest BCUT2D eigenvalue weighted by molar-refractivity contribution is 5.84. The summed E-state index contributed by atoms with van der Waals surface area (Å²) in [5.41, 5.74) is 0.707. The SMILES string of the molecule is CC(C(=O)O)N1C2CCC1CC(Oc1ccnc3ccc(F)cc13)C2. The molecule has 4 rings (SSSR count). The van der Waals surface area contributed by atoms with Crippen LogP contribution in [0.4, 0.5) is 4.39 Å². The maximum Gasteiger partial charge on any atom is 0.320 e. The van der Waals surface area contributed by atoms with Crippen molar-refractivity contribution in [3.63, 3.8) is 0 Å². The molecule has 3 unspecified atom stereocenters. The van der Waals surface area contributed by atoms with Crippen LogP contribution in [0.15, 0.2) is 30.5 Å². The van der Waals surface area contributed by atoms with Crippen LogP contribution in [0.5, 0.6) is 5.75 Å². The molecule has 1 N–H and O–H groups in total. The molecular formula is C19H21FN2O3. The monoisotopic (exact) mass is 344 g/mol. The summed E-state index contributed by atoms with van der Waals surface area (Å²) in [5.74, 6) is -0.434. The first kappa shape index (κ1) is 16.3. The molecular weight excluding hydrogens is 323 g/mol. The Balaban J connectivity index is 1.54. The molecule has 0 radical (unpaired) electrons. The number of carboxylic acid groups (broad SMARTS) is 1. The van der Waals surface area contributed by atoms with Crippen molar-refractivity contribution >= 4 is 16.9 Å². The van der Waals surface area contributed by atoms with E-state index in [2.05, 4.69) is 9.88 Å². The Bertz CT molecular complexity index is 798. The quantitative estimate of drug-likeness (QED) is 0.923. The highest BCUT2D eigenvalue weighted by atomic mass is 19.1. The fraction of sp³-hybridized carbons (Fsp3) is 0.474. The number of halogens is 1. The molecule has 0 amide bonds. The number of hydrogen-bond acceptors (Lipinski definition) is 4. The molecule has 1 aromatic carbocycles. The number of fused-ring (bicyclic) bond motifs is 3. The normalized spacial score (nSPS) is 27.4. The second-order valence-corrected chi connectivity index (χ2v) is 7.03. The predicted molar refractivity (Wildman–Crippen MR) is 91.1 cm³/mol. The smallest absolute Gasteiger partial charge is 0.320 e. The number of aliphatic carboxylic acids is 1. The number of carbonyl (C=O) groups is 1. The molecule has 1 aromatic heterocycles. The van der Waals surface area contributed by atoms with Crippen LogP contribution >= 0.6 is 0 Å². The summed E-state index contributed by atoms with van der Waals surface area (Å²) in [4.78, 5) is 17.7. The Kier molecular flexibility index (Phi) is 4.07. The molecule has 5 nitrogen and oxygen atoms in total. The fourth-order valence-electron chi connectivity index (χ4n) is 4.40. The summed E-state index contributed by atoms with van der Waals surface area (Å²) in [7, 11) is 0. The first-order valence-corrected chi connectivity index (χ1v) is 8.74. The third-order valence-corrected chi connectivity index (χ3v) is 5.51. The zero-order valence-electron chi connectivity index (χ0n) is 14.1. The number of benzene rings is 1. The number of rotatable bonds is 4. The lowest BCUT2D eigenvalue weighted by Crippen LogP contribution is -2.52. The zero-order valence-corrected chi connectivity index (χ0v) is 14.1. The summed E-state index contributed by atoms with van der Waals surface area (Å²) >= 11 is 0. The van der Waals surface area contributed by atoms with Crippen LogP contribution < -0.4 is 4.74 Å². The van der Waals surface area contributed by atoms with Gasteiger partial charge in [0.05, 0.1) is 5.52 Å². The topological polar surface area (TPSA) is 62.7 Å². The summed E-state index contributed by atoms with van der Waals surface area (Å²) < 4.78 is 19.8. The van der Waals surface area contributed by atoms with Crippen molar-refractivity contribution in [2.24, 2.45) is 0 Å². The van der Waals surface area contributed by atoms with Gasteiger partial charge in [0.2, 0.25) is 0 Å². The Morgan fingerprint density at radius 2 is 2.04 bits per heavy atom. The van der Waals surface area contributed by atoms with Crippen molar-refractivity contribution in [1.82, 2.24) is 9.88 Å². The van der Waals surface area contributed by atoms with Crippen LogP contribution in [0.3, 0.4) is 0 Å². The molecule has 3 atom stereocenters. The highest BCUT2D eigenvalue weighted by Crippen LogP contribution is 2.39. The van der Waals surface area contributed by atoms with Gasteiger partial charge in [0, 0.05) is 23.7 Å². The van der Waals surface area contributed by atoms with Crippen molar-refractivity contribution in [2.45, 2.75) is 56.8 Å². The van der Waals surface area contributed by atoms with E-state index in [-0.39, 0.29) is 24.0 Å². The van der Waals surface area contributed by atoms with E-state index in [0.717, 1.165) is 25.7 Å². The van der Waals surface area contributed by atoms with Gasteiger partial charge in [0.15, 0.2) is 0 Å². The van der Waals surface area contributed by atoms with Crippen molar-refractivity contribution in [1.29, 1.82) is 0 Å².